The molecule has 1 unspecified atom stereocenters. The molecule has 1 aromatic heterocycles. The van der Waals surface area contributed by atoms with E-state index in [1.54, 1.807) is 25.7 Å². The topological polar surface area (TPSA) is 88.6 Å². The van der Waals surface area contributed by atoms with Gasteiger partial charge in [0.2, 0.25) is 10.0 Å². The number of amides is 1. The predicted octanol–water partition coefficient (Wildman–Crippen LogP) is 0.651. The van der Waals surface area contributed by atoms with E-state index in [2.05, 4.69) is 0 Å². The molecule has 9 heteroatoms. The van der Waals surface area contributed by atoms with Gasteiger partial charge in [-0.15, -0.1) is 12.4 Å². The fourth-order valence-electron chi connectivity index (χ4n) is 2.78. The summed E-state index contributed by atoms with van der Waals surface area (Å²) in [5.41, 5.74) is 6.07. The van der Waals surface area contributed by atoms with Crippen LogP contribution in [-0.2, 0) is 17.1 Å². The van der Waals surface area contributed by atoms with Gasteiger partial charge in [0, 0.05) is 46.5 Å². The van der Waals surface area contributed by atoms with Crippen LogP contribution in [0.15, 0.2) is 17.2 Å². The molecule has 1 atom stereocenters. The van der Waals surface area contributed by atoms with E-state index < -0.39 is 10.0 Å². The third kappa shape index (κ3) is 3.88. The first-order chi connectivity index (χ1) is 10.3. The highest BCUT2D eigenvalue weighted by atomic mass is 35.5. The van der Waals surface area contributed by atoms with Crippen LogP contribution in [0.1, 0.15) is 29.8 Å². The van der Waals surface area contributed by atoms with E-state index >= 15 is 0 Å². The molecule has 2 heterocycles. The van der Waals surface area contributed by atoms with Gasteiger partial charge >= 0.3 is 0 Å². The van der Waals surface area contributed by atoms with Crippen molar-refractivity contribution in [3.8, 4) is 0 Å². The van der Waals surface area contributed by atoms with Gasteiger partial charge in [0.15, 0.2) is 0 Å². The monoisotopic (exact) mass is 364 g/mol. The largest absolute Gasteiger partial charge is 0.345 e. The Hall–Kier alpha value is -1.09. The van der Waals surface area contributed by atoms with Crippen LogP contribution in [0.2, 0.25) is 0 Å². The molecule has 0 saturated carbocycles. The second kappa shape index (κ2) is 7.65. The number of carbonyl (C=O) groups excluding carboxylic acids is 1. The van der Waals surface area contributed by atoms with E-state index in [4.69, 9.17) is 5.73 Å². The van der Waals surface area contributed by atoms with Crippen molar-refractivity contribution >= 4 is 28.3 Å². The van der Waals surface area contributed by atoms with Crippen molar-refractivity contribution in [2.45, 2.75) is 30.2 Å². The van der Waals surface area contributed by atoms with Gasteiger partial charge in [-0.05, 0) is 18.9 Å². The molecule has 1 amide bonds. The number of halogens is 1. The van der Waals surface area contributed by atoms with Crippen molar-refractivity contribution in [2.75, 3.05) is 27.2 Å². The van der Waals surface area contributed by atoms with E-state index in [1.165, 1.54) is 21.5 Å². The molecule has 1 aliphatic heterocycles. The smallest absolute Gasteiger partial charge is 0.269 e. The van der Waals surface area contributed by atoms with Gasteiger partial charge in [-0.25, -0.2) is 8.42 Å². The summed E-state index contributed by atoms with van der Waals surface area (Å²) in [5.74, 6) is -0.224. The van der Waals surface area contributed by atoms with Crippen molar-refractivity contribution in [3.05, 3.63) is 18.0 Å². The Morgan fingerprint density at radius 3 is 2.61 bits per heavy atom. The first kappa shape index (κ1) is 20.0. The Morgan fingerprint density at radius 2 is 2.04 bits per heavy atom. The highest BCUT2D eigenvalue weighted by molar-refractivity contribution is 7.89. The number of aryl methyl sites for hydroxylation is 1. The van der Waals surface area contributed by atoms with E-state index in [0.717, 1.165) is 19.3 Å². The van der Waals surface area contributed by atoms with Crippen molar-refractivity contribution in [1.29, 1.82) is 0 Å². The standard InChI is InChI=1S/C14H24N4O3S.ClH/c1-16(2)14(19)13-8-12(10-17(13)3)22(20,21)18-7-5-4-6-11(18)9-15;/h8,10-11H,4-7,9,15H2,1-3H3;1H. The number of hydrogen-bond donors (Lipinski definition) is 1. The summed E-state index contributed by atoms with van der Waals surface area (Å²) in [6.45, 7) is 0.797. The Labute approximate surface area is 143 Å². The van der Waals surface area contributed by atoms with Crippen molar-refractivity contribution in [2.24, 2.45) is 12.8 Å². The van der Waals surface area contributed by atoms with Gasteiger partial charge in [-0.1, -0.05) is 6.42 Å². The summed E-state index contributed by atoms with van der Waals surface area (Å²) in [4.78, 5) is 13.7. The van der Waals surface area contributed by atoms with Crippen molar-refractivity contribution in [3.63, 3.8) is 0 Å². The molecule has 0 aromatic carbocycles. The Morgan fingerprint density at radius 1 is 1.39 bits per heavy atom. The summed E-state index contributed by atoms with van der Waals surface area (Å²) in [6.07, 6.45) is 4.11. The summed E-state index contributed by atoms with van der Waals surface area (Å²) in [6, 6.07) is 1.28. The summed E-state index contributed by atoms with van der Waals surface area (Å²) < 4.78 is 28.7. The molecule has 1 fully saturated rings. The maximum Gasteiger partial charge on any atom is 0.269 e. The summed E-state index contributed by atoms with van der Waals surface area (Å²) >= 11 is 0. The number of sulfonamides is 1. The fourth-order valence-corrected chi connectivity index (χ4v) is 4.55. The second-order valence-corrected chi connectivity index (χ2v) is 7.76. The molecule has 132 valence electrons. The lowest BCUT2D eigenvalue weighted by molar-refractivity contribution is 0.0818. The molecular weight excluding hydrogens is 340 g/mol. The number of carbonyl (C=O) groups is 1. The van der Waals surface area contributed by atoms with E-state index in [-0.39, 0.29) is 29.3 Å². The molecule has 0 radical (unpaired) electrons. The van der Waals surface area contributed by atoms with Gasteiger partial charge in [0.05, 0.1) is 0 Å². The Bertz CT molecular complexity index is 657. The minimum atomic E-state index is -3.62. The van der Waals surface area contributed by atoms with Crippen molar-refractivity contribution < 1.29 is 13.2 Å². The highest BCUT2D eigenvalue weighted by Gasteiger charge is 2.34. The first-order valence-corrected chi connectivity index (χ1v) is 8.83. The quantitative estimate of drug-likeness (QED) is 0.849. The van der Waals surface area contributed by atoms with E-state index in [1.807, 2.05) is 0 Å². The Balaban J connectivity index is 0.00000264. The summed E-state index contributed by atoms with van der Waals surface area (Å²) in [7, 11) is 1.33. The molecule has 2 rings (SSSR count). The molecule has 0 bridgehead atoms. The van der Waals surface area contributed by atoms with Gasteiger partial charge in [-0.3, -0.25) is 4.79 Å². The van der Waals surface area contributed by atoms with Crippen LogP contribution >= 0.6 is 12.4 Å². The van der Waals surface area contributed by atoms with Crippen LogP contribution in [0, 0.1) is 0 Å². The number of nitrogens with zero attached hydrogens (tertiary/aromatic N) is 3. The van der Waals surface area contributed by atoms with Gasteiger partial charge in [-0.2, -0.15) is 4.31 Å². The fraction of sp³-hybridized carbons (Fsp3) is 0.643. The third-order valence-corrected chi connectivity index (χ3v) is 5.97. The maximum atomic E-state index is 12.8. The number of nitrogens with two attached hydrogens (primary N) is 1. The van der Waals surface area contributed by atoms with Crippen LogP contribution < -0.4 is 5.73 Å². The molecular formula is C14H25ClN4O3S. The van der Waals surface area contributed by atoms with Crippen LogP contribution in [-0.4, -0.2) is 61.3 Å². The lowest BCUT2D eigenvalue weighted by Crippen LogP contribution is -2.47. The molecule has 0 spiro atoms. The molecule has 23 heavy (non-hydrogen) atoms. The number of hydrogen-bond acceptors (Lipinski definition) is 4. The molecule has 1 aromatic rings. The molecule has 1 aliphatic rings. The molecule has 7 nitrogen and oxygen atoms in total. The van der Waals surface area contributed by atoms with Crippen LogP contribution in [0.3, 0.4) is 0 Å². The first-order valence-electron chi connectivity index (χ1n) is 7.39. The number of piperidine rings is 1. The van der Waals surface area contributed by atoms with Crippen molar-refractivity contribution in [1.82, 2.24) is 13.8 Å². The van der Waals surface area contributed by atoms with Gasteiger partial charge < -0.3 is 15.2 Å². The predicted molar refractivity (Wildman–Crippen MR) is 91.3 cm³/mol. The second-order valence-electron chi connectivity index (χ2n) is 5.87. The Kier molecular flexibility index (Phi) is 6.64. The zero-order chi connectivity index (χ0) is 16.5. The minimum Gasteiger partial charge on any atom is -0.345 e. The van der Waals surface area contributed by atoms with Crippen LogP contribution in [0.4, 0.5) is 0 Å². The van der Waals surface area contributed by atoms with E-state index in [0.29, 0.717) is 18.8 Å². The van der Waals surface area contributed by atoms with E-state index in [9.17, 15) is 13.2 Å². The number of aromatic nitrogens is 1. The third-order valence-electron chi connectivity index (χ3n) is 4.06. The minimum absolute atomic E-state index is 0. The molecule has 0 aliphatic carbocycles. The van der Waals surface area contributed by atoms with Crippen LogP contribution in [0.25, 0.3) is 0 Å². The maximum absolute atomic E-state index is 12.8. The summed E-state index contributed by atoms with van der Waals surface area (Å²) in [5, 5.41) is 0. The normalized spacial score (nSPS) is 19.2. The zero-order valence-electron chi connectivity index (χ0n) is 13.7. The van der Waals surface area contributed by atoms with Gasteiger partial charge in [0.1, 0.15) is 10.6 Å². The molecule has 1 saturated heterocycles. The molecule has 2 N–H and O–H groups in total. The highest BCUT2D eigenvalue weighted by Crippen LogP contribution is 2.26. The van der Waals surface area contributed by atoms with Gasteiger partial charge in [0.25, 0.3) is 5.91 Å². The average Bonchev–Trinajstić information content (AvgIpc) is 2.88. The van der Waals surface area contributed by atoms with Crippen LogP contribution in [0.5, 0.6) is 0 Å². The zero-order valence-corrected chi connectivity index (χ0v) is 15.4. The lowest BCUT2D eigenvalue weighted by atomic mass is 10.1. The number of rotatable bonds is 4. The SMILES string of the molecule is CN(C)C(=O)c1cc(S(=O)(=O)N2CCCCC2CN)cn1C.Cl. The average molecular weight is 365 g/mol. The lowest BCUT2D eigenvalue weighted by Gasteiger charge is -2.33.